The predicted octanol–water partition coefficient (Wildman–Crippen LogP) is 2.56. The summed E-state index contributed by atoms with van der Waals surface area (Å²) in [6, 6.07) is 16.1. The third-order valence-electron chi connectivity index (χ3n) is 3.95. The number of rotatable bonds is 7. The molecule has 0 saturated carbocycles. The summed E-state index contributed by atoms with van der Waals surface area (Å²) >= 11 is 3.39. The van der Waals surface area contributed by atoms with Gasteiger partial charge in [-0.2, -0.15) is 0 Å². The highest BCUT2D eigenvalue weighted by Gasteiger charge is 2.13. The number of carbonyl (C=O) groups is 1. The normalized spacial score (nSPS) is 11.8. The molecule has 0 aliphatic carbocycles. The van der Waals surface area contributed by atoms with E-state index in [1.165, 1.54) is 16.2 Å². The highest BCUT2D eigenvalue weighted by Crippen LogP contribution is 2.14. The van der Waals surface area contributed by atoms with Crippen molar-refractivity contribution < 1.29 is 9.69 Å². The van der Waals surface area contributed by atoms with Crippen LogP contribution in [0.15, 0.2) is 53.0 Å². The molecule has 4 nitrogen and oxygen atoms in total. The standard InChI is InChI=1S/C19H24BrN3O/c1-4-23(13-15-5-11-18(12-6-15)22(2)3)14-19(24)21-17-9-7-16(20)8-10-17/h5-12H,4,13-14H2,1-3H3,(H,21,24)/p+1. The third kappa shape index (κ3) is 5.65. The Hall–Kier alpha value is -1.85. The van der Waals surface area contributed by atoms with Crippen molar-refractivity contribution in [3.63, 3.8) is 0 Å². The molecule has 0 aromatic heterocycles. The number of nitrogens with one attached hydrogen (secondary N) is 2. The van der Waals surface area contributed by atoms with Crippen LogP contribution < -0.4 is 15.1 Å². The van der Waals surface area contributed by atoms with Crippen LogP contribution >= 0.6 is 15.9 Å². The minimum atomic E-state index is 0.0408. The van der Waals surface area contributed by atoms with E-state index >= 15 is 0 Å². The van der Waals surface area contributed by atoms with Crippen LogP contribution in [-0.4, -0.2) is 33.1 Å². The van der Waals surface area contributed by atoms with Gasteiger partial charge in [0, 0.05) is 35.5 Å². The second-order valence-electron chi connectivity index (χ2n) is 6.07. The minimum Gasteiger partial charge on any atom is -0.378 e. The lowest BCUT2D eigenvalue weighted by Gasteiger charge is -2.18. The Morgan fingerprint density at radius 1 is 1.08 bits per heavy atom. The molecule has 0 radical (unpaired) electrons. The largest absolute Gasteiger partial charge is 0.378 e. The molecule has 24 heavy (non-hydrogen) atoms. The second-order valence-corrected chi connectivity index (χ2v) is 6.99. The van der Waals surface area contributed by atoms with Crippen LogP contribution in [0, 0.1) is 0 Å². The summed E-state index contributed by atoms with van der Waals surface area (Å²) in [5.41, 5.74) is 3.26. The van der Waals surface area contributed by atoms with Crippen LogP contribution in [0.2, 0.25) is 0 Å². The Morgan fingerprint density at radius 3 is 2.25 bits per heavy atom. The van der Waals surface area contributed by atoms with Gasteiger partial charge in [-0.05, 0) is 43.3 Å². The topological polar surface area (TPSA) is 36.8 Å². The monoisotopic (exact) mass is 390 g/mol. The zero-order valence-corrected chi connectivity index (χ0v) is 16.1. The van der Waals surface area contributed by atoms with E-state index in [1.54, 1.807) is 0 Å². The second kappa shape index (κ2) is 8.85. The number of likely N-dealkylation sites (N-methyl/N-ethyl adjacent to an activating group) is 1. The molecule has 2 N–H and O–H groups in total. The van der Waals surface area contributed by atoms with Crippen molar-refractivity contribution in [2.45, 2.75) is 13.5 Å². The van der Waals surface area contributed by atoms with Crippen LogP contribution in [0.1, 0.15) is 12.5 Å². The minimum absolute atomic E-state index is 0.0408. The number of nitrogens with zero attached hydrogens (tertiary/aromatic N) is 1. The number of halogens is 1. The van der Waals surface area contributed by atoms with E-state index in [1.807, 2.05) is 38.4 Å². The molecule has 128 valence electrons. The van der Waals surface area contributed by atoms with E-state index in [0.717, 1.165) is 23.2 Å². The first-order valence-electron chi connectivity index (χ1n) is 8.13. The summed E-state index contributed by atoms with van der Waals surface area (Å²) in [6.45, 7) is 4.32. The molecular weight excluding hydrogens is 366 g/mol. The van der Waals surface area contributed by atoms with Gasteiger partial charge in [0.05, 0.1) is 6.54 Å². The Morgan fingerprint density at radius 2 is 1.71 bits per heavy atom. The lowest BCUT2D eigenvalue weighted by atomic mass is 10.2. The van der Waals surface area contributed by atoms with Gasteiger partial charge in [0.2, 0.25) is 0 Å². The smallest absolute Gasteiger partial charge is 0.279 e. The lowest BCUT2D eigenvalue weighted by Crippen LogP contribution is -3.11. The quantitative estimate of drug-likeness (QED) is 0.761. The molecule has 2 aromatic rings. The van der Waals surface area contributed by atoms with Crippen molar-refractivity contribution in [1.29, 1.82) is 0 Å². The summed E-state index contributed by atoms with van der Waals surface area (Å²) in [4.78, 5) is 15.6. The van der Waals surface area contributed by atoms with Gasteiger partial charge in [-0.1, -0.05) is 28.1 Å². The van der Waals surface area contributed by atoms with Gasteiger partial charge in [0.1, 0.15) is 6.54 Å². The van der Waals surface area contributed by atoms with Crippen molar-refractivity contribution in [3.8, 4) is 0 Å². The fraction of sp³-hybridized carbons (Fsp3) is 0.316. The molecule has 1 atom stereocenters. The van der Waals surface area contributed by atoms with Gasteiger partial charge in [-0.3, -0.25) is 4.79 Å². The molecule has 1 unspecified atom stereocenters. The van der Waals surface area contributed by atoms with Crippen molar-refractivity contribution in [3.05, 3.63) is 58.6 Å². The van der Waals surface area contributed by atoms with E-state index in [4.69, 9.17) is 0 Å². The van der Waals surface area contributed by atoms with E-state index < -0.39 is 0 Å². The molecule has 0 saturated heterocycles. The fourth-order valence-electron chi connectivity index (χ4n) is 2.48. The first-order chi connectivity index (χ1) is 11.5. The predicted molar refractivity (Wildman–Crippen MR) is 104 cm³/mol. The first-order valence-corrected chi connectivity index (χ1v) is 8.92. The molecule has 0 bridgehead atoms. The zero-order valence-electron chi connectivity index (χ0n) is 14.5. The first kappa shape index (κ1) is 18.5. The molecule has 2 aromatic carbocycles. The van der Waals surface area contributed by atoms with Crippen LogP contribution in [0.25, 0.3) is 0 Å². The molecule has 0 spiro atoms. The summed E-state index contributed by atoms with van der Waals surface area (Å²) in [5.74, 6) is 0.0408. The number of hydrogen-bond donors (Lipinski definition) is 2. The summed E-state index contributed by atoms with van der Waals surface area (Å²) < 4.78 is 1.00. The highest BCUT2D eigenvalue weighted by molar-refractivity contribution is 9.10. The van der Waals surface area contributed by atoms with E-state index in [-0.39, 0.29) is 5.91 Å². The lowest BCUT2D eigenvalue weighted by molar-refractivity contribution is -0.903. The average Bonchev–Trinajstić information content (AvgIpc) is 2.56. The van der Waals surface area contributed by atoms with Gasteiger partial charge in [0.25, 0.3) is 5.91 Å². The van der Waals surface area contributed by atoms with Crippen LogP contribution in [0.4, 0.5) is 11.4 Å². The number of amides is 1. The fourth-order valence-corrected chi connectivity index (χ4v) is 2.74. The zero-order chi connectivity index (χ0) is 17.5. The van der Waals surface area contributed by atoms with E-state index in [9.17, 15) is 4.79 Å². The maximum Gasteiger partial charge on any atom is 0.279 e. The molecule has 0 aliphatic rings. The Labute approximate surface area is 152 Å². The number of carbonyl (C=O) groups excluding carboxylic acids is 1. The molecule has 0 fully saturated rings. The van der Waals surface area contributed by atoms with Crippen LogP contribution in [-0.2, 0) is 11.3 Å². The average molecular weight is 391 g/mol. The van der Waals surface area contributed by atoms with Gasteiger partial charge >= 0.3 is 0 Å². The maximum atomic E-state index is 12.2. The van der Waals surface area contributed by atoms with Crippen molar-refractivity contribution in [1.82, 2.24) is 0 Å². The van der Waals surface area contributed by atoms with Gasteiger partial charge in [-0.15, -0.1) is 0 Å². The molecule has 2 rings (SSSR count). The Bertz CT molecular complexity index is 653. The number of benzene rings is 2. The Kier molecular flexibility index (Phi) is 6.82. The van der Waals surface area contributed by atoms with Crippen molar-refractivity contribution in [2.24, 2.45) is 0 Å². The molecule has 1 amide bonds. The number of quaternary nitrogens is 1. The van der Waals surface area contributed by atoms with Gasteiger partial charge in [-0.25, -0.2) is 0 Å². The molecule has 0 aliphatic heterocycles. The molecular formula is C19H25BrN3O+. The van der Waals surface area contributed by atoms with Crippen LogP contribution in [0.3, 0.4) is 0 Å². The van der Waals surface area contributed by atoms with E-state index in [2.05, 4.69) is 57.3 Å². The Balaban J connectivity index is 1.91. The van der Waals surface area contributed by atoms with E-state index in [0.29, 0.717) is 6.54 Å². The van der Waals surface area contributed by atoms with Crippen LogP contribution in [0.5, 0.6) is 0 Å². The summed E-state index contributed by atoms with van der Waals surface area (Å²) in [7, 11) is 4.07. The maximum absolute atomic E-state index is 12.2. The molecule has 5 heteroatoms. The SMILES string of the molecule is CC[NH+](CC(=O)Nc1ccc(Br)cc1)Cc1ccc(N(C)C)cc1. The molecule has 0 heterocycles. The number of hydrogen-bond acceptors (Lipinski definition) is 2. The van der Waals surface area contributed by atoms with Crippen molar-refractivity contribution >= 4 is 33.2 Å². The van der Waals surface area contributed by atoms with Gasteiger partial charge < -0.3 is 15.1 Å². The highest BCUT2D eigenvalue weighted by atomic mass is 79.9. The summed E-state index contributed by atoms with van der Waals surface area (Å²) in [6.07, 6.45) is 0. The van der Waals surface area contributed by atoms with Gasteiger partial charge in [0.15, 0.2) is 6.54 Å². The third-order valence-corrected chi connectivity index (χ3v) is 4.47. The summed E-state index contributed by atoms with van der Waals surface area (Å²) in [5, 5.41) is 2.96. The van der Waals surface area contributed by atoms with Crippen molar-refractivity contribution in [2.75, 3.05) is 37.4 Å². The number of anilines is 2.